The Bertz CT molecular complexity index is 802. The third-order valence-electron chi connectivity index (χ3n) is 3.32. The van der Waals surface area contributed by atoms with E-state index in [1.54, 1.807) is 23.0 Å². The zero-order valence-electron chi connectivity index (χ0n) is 12.6. The van der Waals surface area contributed by atoms with Crippen molar-refractivity contribution in [3.63, 3.8) is 0 Å². The molecule has 8 heteroatoms. The molecule has 3 aromatic rings. The van der Waals surface area contributed by atoms with Gasteiger partial charge in [0.2, 0.25) is 5.95 Å². The first-order valence-corrected chi connectivity index (χ1v) is 7.62. The summed E-state index contributed by atoms with van der Waals surface area (Å²) in [6, 6.07) is 7.32. The van der Waals surface area contributed by atoms with Crippen LogP contribution in [0, 0.1) is 0 Å². The van der Waals surface area contributed by atoms with E-state index in [0.717, 1.165) is 16.7 Å². The molecule has 0 unspecified atom stereocenters. The number of anilines is 3. The summed E-state index contributed by atoms with van der Waals surface area (Å²) < 4.78 is 1.70. The summed E-state index contributed by atoms with van der Waals surface area (Å²) in [7, 11) is 1.83. The highest BCUT2D eigenvalue weighted by Crippen LogP contribution is 2.23. The Labute approximate surface area is 138 Å². The molecular formula is C15H17ClN6O. The van der Waals surface area contributed by atoms with Crippen molar-refractivity contribution in [2.75, 3.05) is 23.8 Å². The maximum atomic E-state index is 8.92. The minimum atomic E-state index is 0.129. The lowest BCUT2D eigenvalue weighted by atomic mass is 10.3. The van der Waals surface area contributed by atoms with Gasteiger partial charge in [-0.3, -0.25) is 4.68 Å². The van der Waals surface area contributed by atoms with E-state index in [-0.39, 0.29) is 6.61 Å². The van der Waals surface area contributed by atoms with Crippen molar-refractivity contribution in [2.24, 2.45) is 7.05 Å². The Kier molecular flexibility index (Phi) is 4.59. The third kappa shape index (κ3) is 3.52. The van der Waals surface area contributed by atoms with Crippen molar-refractivity contribution in [1.82, 2.24) is 19.7 Å². The van der Waals surface area contributed by atoms with Gasteiger partial charge in [0.1, 0.15) is 5.82 Å². The highest BCUT2D eigenvalue weighted by Gasteiger charge is 2.11. The molecule has 7 nitrogen and oxygen atoms in total. The van der Waals surface area contributed by atoms with Gasteiger partial charge in [0.25, 0.3) is 0 Å². The van der Waals surface area contributed by atoms with Gasteiger partial charge in [-0.2, -0.15) is 15.1 Å². The van der Waals surface area contributed by atoms with Crippen LogP contribution in [0.1, 0.15) is 6.42 Å². The van der Waals surface area contributed by atoms with E-state index in [0.29, 0.717) is 29.8 Å². The van der Waals surface area contributed by atoms with E-state index >= 15 is 0 Å². The zero-order chi connectivity index (χ0) is 16.2. The second-order valence-corrected chi connectivity index (χ2v) is 5.47. The number of hydrogen-bond donors (Lipinski definition) is 3. The summed E-state index contributed by atoms with van der Waals surface area (Å²) in [5.41, 5.74) is 1.57. The van der Waals surface area contributed by atoms with Crippen molar-refractivity contribution < 1.29 is 5.11 Å². The molecule has 0 saturated heterocycles. The third-order valence-corrected chi connectivity index (χ3v) is 3.57. The van der Waals surface area contributed by atoms with Crippen LogP contribution >= 0.6 is 11.6 Å². The Morgan fingerprint density at radius 3 is 2.74 bits per heavy atom. The van der Waals surface area contributed by atoms with Crippen LogP contribution in [-0.2, 0) is 7.05 Å². The van der Waals surface area contributed by atoms with Crippen molar-refractivity contribution in [3.8, 4) is 0 Å². The van der Waals surface area contributed by atoms with Crippen LogP contribution in [0.4, 0.5) is 17.5 Å². The predicted molar refractivity (Wildman–Crippen MR) is 91.2 cm³/mol. The van der Waals surface area contributed by atoms with Crippen molar-refractivity contribution >= 4 is 40.1 Å². The minimum absolute atomic E-state index is 0.129. The molecule has 0 aliphatic heterocycles. The molecule has 0 spiro atoms. The summed E-state index contributed by atoms with van der Waals surface area (Å²) in [5, 5.41) is 21.0. The molecule has 0 saturated carbocycles. The summed E-state index contributed by atoms with van der Waals surface area (Å²) in [4.78, 5) is 9.00. The number of nitrogens with zero attached hydrogens (tertiary/aromatic N) is 4. The standard InChI is InChI=1S/C15H17ClN6O/c1-22-14-12(9-18-22)13(17-7-2-8-23)20-15(21-14)19-11-5-3-10(16)4-6-11/h3-6,9,23H,2,7-8H2,1H3,(H2,17,19,20,21). The summed E-state index contributed by atoms with van der Waals surface area (Å²) in [6.45, 7) is 0.752. The molecule has 0 atom stereocenters. The van der Waals surface area contributed by atoms with Crippen LogP contribution in [0.2, 0.25) is 5.02 Å². The second-order valence-electron chi connectivity index (χ2n) is 5.04. The SMILES string of the molecule is Cn1ncc2c(NCCCO)nc(Nc3ccc(Cl)cc3)nc21. The zero-order valence-corrected chi connectivity index (χ0v) is 13.4. The monoisotopic (exact) mass is 332 g/mol. The lowest BCUT2D eigenvalue weighted by Crippen LogP contribution is -2.08. The quantitative estimate of drug-likeness (QED) is 0.601. The van der Waals surface area contributed by atoms with Gasteiger partial charge in [-0.05, 0) is 30.7 Å². The first kappa shape index (κ1) is 15.5. The molecule has 0 amide bonds. The van der Waals surface area contributed by atoms with Gasteiger partial charge in [-0.25, -0.2) is 0 Å². The molecule has 23 heavy (non-hydrogen) atoms. The van der Waals surface area contributed by atoms with Gasteiger partial charge in [0, 0.05) is 30.9 Å². The fourth-order valence-corrected chi connectivity index (χ4v) is 2.29. The molecule has 0 aliphatic rings. The number of rotatable bonds is 6. The number of fused-ring (bicyclic) bond motifs is 1. The fourth-order valence-electron chi connectivity index (χ4n) is 2.16. The van der Waals surface area contributed by atoms with Crippen LogP contribution < -0.4 is 10.6 Å². The molecule has 2 heterocycles. The number of aromatic nitrogens is 4. The fraction of sp³-hybridized carbons (Fsp3) is 0.267. The van der Waals surface area contributed by atoms with Crippen molar-refractivity contribution in [2.45, 2.75) is 6.42 Å². The van der Waals surface area contributed by atoms with Crippen molar-refractivity contribution in [3.05, 3.63) is 35.5 Å². The van der Waals surface area contributed by atoms with Crippen molar-refractivity contribution in [1.29, 1.82) is 0 Å². The number of aryl methyl sites for hydroxylation is 1. The molecule has 0 fully saturated rings. The Hall–Kier alpha value is -2.38. The van der Waals surface area contributed by atoms with Crippen LogP contribution in [0.25, 0.3) is 11.0 Å². The van der Waals surface area contributed by atoms with Crippen LogP contribution in [0.15, 0.2) is 30.5 Å². The van der Waals surface area contributed by atoms with Gasteiger partial charge in [-0.1, -0.05) is 11.6 Å². The van der Waals surface area contributed by atoms with Gasteiger partial charge in [0.15, 0.2) is 5.65 Å². The number of aliphatic hydroxyl groups excluding tert-OH is 1. The van der Waals surface area contributed by atoms with Gasteiger partial charge in [0.05, 0.1) is 11.6 Å². The average Bonchev–Trinajstić information content (AvgIpc) is 2.92. The normalized spacial score (nSPS) is 10.9. The summed E-state index contributed by atoms with van der Waals surface area (Å²) in [6.07, 6.45) is 2.37. The smallest absolute Gasteiger partial charge is 0.231 e. The maximum absolute atomic E-state index is 8.92. The molecule has 2 aromatic heterocycles. The topological polar surface area (TPSA) is 87.9 Å². The molecular weight excluding hydrogens is 316 g/mol. The van der Waals surface area contributed by atoms with Gasteiger partial charge < -0.3 is 15.7 Å². The Morgan fingerprint density at radius 2 is 2.00 bits per heavy atom. The lowest BCUT2D eigenvalue weighted by Gasteiger charge is -2.10. The highest BCUT2D eigenvalue weighted by molar-refractivity contribution is 6.30. The Morgan fingerprint density at radius 1 is 1.22 bits per heavy atom. The summed E-state index contributed by atoms with van der Waals surface area (Å²) in [5.74, 6) is 1.16. The number of aliphatic hydroxyl groups is 1. The second kappa shape index (κ2) is 6.80. The first-order chi connectivity index (χ1) is 11.2. The lowest BCUT2D eigenvalue weighted by molar-refractivity contribution is 0.292. The van der Waals surface area contributed by atoms with Crippen LogP contribution in [-0.4, -0.2) is 38.0 Å². The van der Waals surface area contributed by atoms with E-state index < -0.39 is 0 Å². The molecule has 3 N–H and O–H groups in total. The summed E-state index contributed by atoms with van der Waals surface area (Å²) >= 11 is 5.89. The maximum Gasteiger partial charge on any atom is 0.231 e. The molecule has 1 aromatic carbocycles. The average molecular weight is 333 g/mol. The van der Waals surface area contributed by atoms with E-state index in [1.807, 2.05) is 19.2 Å². The molecule has 0 aliphatic carbocycles. The van der Waals surface area contributed by atoms with Gasteiger partial charge >= 0.3 is 0 Å². The van der Waals surface area contributed by atoms with Crippen LogP contribution in [0.3, 0.4) is 0 Å². The van der Waals surface area contributed by atoms with Crippen LogP contribution in [0.5, 0.6) is 0 Å². The molecule has 3 rings (SSSR count). The number of benzene rings is 1. The van der Waals surface area contributed by atoms with E-state index in [4.69, 9.17) is 16.7 Å². The highest BCUT2D eigenvalue weighted by atomic mass is 35.5. The van der Waals surface area contributed by atoms with E-state index in [2.05, 4.69) is 25.7 Å². The molecule has 120 valence electrons. The molecule has 0 bridgehead atoms. The minimum Gasteiger partial charge on any atom is -0.396 e. The molecule has 0 radical (unpaired) electrons. The van der Waals surface area contributed by atoms with E-state index in [9.17, 15) is 0 Å². The predicted octanol–water partition coefficient (Wildman–Crippen LogP) is 2.55. The van der Waals surface area contributed by atoms with E-state index in [1.165, 1.54) is 0 Å². The number of nitrogens with one attached hydrogen (secondary N) is 2. The number of halogens is 1. The Balaban J connectivity index is 1.93. The first-order valence-electron chi connectivity index (χ1n) is 7.24. The number of hydrogen-bond acceptors (Lipinski definition) is 6. The van der Waals surface area contributed by atoms with Gasteiger partial charge in [-0.15, -0.1) is 0 Å². The largest absolute Gasteiger partial charge is 0.396 e.